The minimum Gasteiger partial charge on any atom is -0.445 e. The van der Waals surface area contributed by atoms with Gasteiger partial charge in [-0.05, 0) is 39.4 Å². The van der Waals surface area contributed by atoms with Gasteiger partial charge in [0, 0.05) is 24.8 Å². The number of likely N-dealkylation sites (tertiary alicyclic amines) is 1. The number of hydrogen-bond acceptors (Lipinski definition) is 10. The molecule has 2 N–H and O–H groups in total. The van der Waals surface area contributed by atoms with Crippen molar-refractivity contribution in [3.63, 3.8) is 0 Å². The maximum absolute atomic E-state index is 13.1. The van der Waals surface area contributed by atoms with Gasteiger partial charge in [-0.3, -0.25) is 14.5 Å². The number of carbonyl (C=O) groups is 3. The molecule has 4 aromatic carbocycles. The monoisotopic (exact) mass is 733 g/mol. The van der Waals surface area contributed by atoms with Crippen LogP contribution in [-0.2, 0) is 50.6 Å². The molecule has 0 bridgehead atoms. The highest BCUT2D eigenvalue weighted by Crippen LogP contribution is 2.40. The number of nitrogens with one attached hydrogen (secondary N) is 1. The van der Waals surface area contributed by atoms with Gasteiger partial charge in [0.05, 0.1) is 31.8 Å². The predicted molar refractivity (Wildman–Crippen MR) is 196 cm³/mol. The van der Waals surface area contributed by atoms with Crippen molar-refractivity contribution in [1.82, 2.24) is 25.0 Å². The van der Waals surface area contributed by atoms with Crippen molar-refractivity contribution < 1.29 is 33.7 Å². The van der Waals surface area contributed by atoms with E-state index in [1.165, 1.54) is 4.90 Å². The Balaban J connectivity index is 1.000. The molecule has 2 fully saturated rings. The number of rotatable bonds is 12. The van der Waals surface area contributed by atoms with Crippen molar-refractivity contribution in [3.8, 4) is 11.1 Å². The largest absolute Gasteiger partial charge is 0.445 e. The van der Waals surface area contributed by atoms with E-state index in [1.807, 2.05) is 115 Å². The number of ether oxygens (including phenoxy) is 3. The highest BCUT2D eigenvalue weighted by atomic mass is 32.2. The van der Waals surface area contributed by atoms with Gasteiger partial charge in [-0.25, -0.2) is 4.79 Å². The third-order valence-electron chi connectivity index (χ3n) is 9.22. The summed E-state index contributed by atoms with van der Waals surface area (Å²) in [5.74, 6) is -0.161. The zero-order valence-corrected chi connectivity index (χ0v) is 29.9. The zero-order chi connectivity index (χ0) is 36.7. The number of benzene rings is 4. The average Bonchev–Trinajstić information content (AvgIpc) is 3.73. The lowest BCUT2D eigenvalue weighted by Crippen LogP contribution is -2.41. The number of carbonyl (C=O) groups excluding carboxylic acids is 3. The number of aliphatic hydroxyl groups is 1. The van der Waals surface area contributed by atoms with E-state index in [1.54, 1.807) is 18.1 Å². The third-order valence-corrected chi connectivity index (χ3v) is 10.4. The molecule has 1 aromatic heterocycles. The summed E-state index contributed by atoms with van der Waals surface area (Å²) >= 11 is 1.58. The molecule has 4 unspecified atom stereocenters. The van der Waals surface area contributed by atoms with E-state index in [9.17, 15) is 19.5 Å². The Kier molecular flexibility index (Phi) is 11.3. The minimum absolute atomic E-state index is 0.0237. The SMILES string of the molecule is Cn1cnnc1SCC1CC(c2ccc(CO)cc2)OC(c2ccc(-c3cccc(CN4C(=O)CC(NC(=O)OCc5ccccc5)C4=O)c3)cc2)O1. The number of hydrogen-bond donors (Lipinski definition) is 2. The third kappa shape index (κ3) is 8.83. The lowest BCUT2D eigenvalue weighted by atomic mass is 9.99. The lowest BCUT2D eigenvalue weighted by Gasteiger charge is -2.36. The number of aryl methyl sites for hydroxylation is 1. The standard InChI is InChI=1S/C40H39N5O7S/c1-44-25-41-43-39(44)53-24-33-19-35(30-12-10-26(22-46)11-13-30)52-38(51-33)31-16-14-29(15-17-31)32-9-5-8-28(18-32)21-45-36(47)20-34(37(45)48)42-40(49)50-23-27-6-3-2-4-7-27/h2-18,25,33-35,38,46H,19-24H2,1H3,(H,42,49). The Labute approximate surface area is 311 Å². The van der Waals surface area contributed by atoms with Crippen molar-refractivity contribution in [1.29, 1.82) is 0 Å². The van der Waals surface area contributed by atoms with E-state index in [4.69, 9.17) is 14.2 Å². The van der Waals surface area contributed by atoms with Crippen LogP contribution in [0.2, 0.25) is 0 Å². The van der Waals surface area contributed by atoms with Crippen LogP contribution in [0.25, 0.3) is 11.1 Å². The first-order valence-corrected chi connectivity index (χ1v) is 18.3. The van der Waals surface area contributed by atoms with Crippen LogP contribution < -0.4 is 5.32 Å². The molecule has 12 nitrogen and oxygen atoms in total. The first-order chi connectivity index (χ1) is 25.8. The molecule has 3 amide bonds. The van der Waals surface area contributed by atoms with Crippen LogP contribution in [0.15, 0.2) is 115 Å². The fourth-order valence-electron chi connectivity index (χ4n) is 6.33. The second kappa shape index (κ2) is 16.6. The van der Waals surface area contributed by atoms with Crippen LogP contribution in [0.5, 0.6) is 0 Å². The Morgan fingerprint density at radius 2 is 1.66 bits per heavy atom. The second-order valence-corrected chi connectivity index (χ2v) is 14.0. The number of alkyl carbamates (subject to hydrolysis) is 1. The summed E-state index contributed by atoms with van der Waals surface area (Å²) in [6, 6.07) is 31.7. The number of amides is 3. The molecule has 0 radical (unpaired) electrons. The Bertz CT molecular complexity index is 2040. The molecule has 2 aliphatic heterocycles. The van der Waals surface area contributed by atoms with Crippen molar-refractivity contribution >= 4 is 29.7 Å². The fraction of sp³-hybridized carbons (Fsp3) is 0.275. The lowest BCUT2D eigenvalue weighted by molar-refractivity contribution is -0.245. The summed E-state index contributed by atoms with van der Waals surface area (Å²) in [4.78, 5) is 39.6. The highest BCUT2D eigenvalue weighted by molar-refractivity contribution is 7.99. The van der Waals surface area contributed by atoms with E-state index in [-0.39, 0.29) is 44.3 Å². The van der Waals surface area contributed by atoms with E-state index in [2.05, 4.69) is 15.5 Å². The number of thioether (sulfide) groups is 1. The summed E-state index contributed by atoms with van der Waals surface area (Å²) < 4.78 is 20.1. The van der Waals surface area contributed by atoms with Crippen LogP contribution in [0.1, 0.15) is 53.1 Å². The zero-order valence-electron chi connectivity index (χ0n) is 29.0. The predicted octanol–water partition coefficient (Wildman–Crippen LogP) is 5.87. The topological polar surface area (TPSA) is 145 Å². The van der Waals surface area contributed by atoms with Gasteiger partial charge in [0.1, 0.15) is 19.0 Å². The first-order valence-electron chi connectivity index (χ1n) is 17.3. The maximum atomic E-state index is 13.1. The van der Waals surface area contributed by atoms with Crippen LogP contribution >= 0.6 is 11.8 Å². The van der Waals surface area contributed by atoms with Crippen LogP contribution in [0, 0.1) is 0 Å². The number of nitrogens with zero attached hydrogens (tertiary/aromatic N) is 4. The summed E-state index contributed by atoms with van der Waals surface area (Å²) in [7, 11) is 1.91. The van der Waals surface area contributed by atoms with Gasteiger partial charge in [0.25, 0.3) is 5.91 Å². The molecule has 4 atom stereocenters. The molecule has 53 heavy (non-hydrogen) atoms. The Morgan fingerprint density at radius 3 is 2.40 bits per heavy atom. The van der Waals surface area contributed by atoms with Gasteiger partial charge in [-0.2, -0.15) is 0 Å². The van der Waals surface area contributed by atoms with Gasteiger partial charge in [0.2, 0.25) is 5.91 Å². The molecule has 0 saturated carbocycles. The Morgan fingerprint density at radius 1 is 0.906 bits per heavy atom. The summed E-state index contributed by atoms with van der Waals surface area (Å²) in [5, 5.41) is 21.0. The molecule has 0 spiro atoms. The smallest absolute Gasteiger partial charge is 0.408 e. The molecule has 3 heterocycles. The molecule has 0 aliphatic carbocycles. The molecule has 13 heteroatoms. The van der Waals surface area contributed by atoms with E-state index in [0.717, 1.165) is 44.1 Å². The van der Waals surface area contributed by atoms with Crippen molar-refractivity contribution in [2.24, 2.45) is 7.05 Å². The van der Waals surface area contributed by atoms with Crippen molar-refractivity contribution in [2.75, 3.05) is 5.75 Å². The highest BCUT2D eigenvalue weighted by Gasteiger charge is 2.40. The van der Waals surface area contributed by atoms with Gasteiger partial charge < -0.3 is 29.2 Å². The fourth-order valence-corrected chi connectivity index (χ4v) is 7.23. The Hall–Kier alpha value is -5.34. The molecule has 5 aromatic rings. The normalized spacial score (nSPS) is 20.1. The van der Waals surface area contributed by atoms with Crippen molar-refractivity contribution in [2.45, 2.75) is 62.3 Å². The van der Waals surface area contributed by atoms with Gasteiger partial charge >= 0.3 is 6.09 Å². The molecule has 272 valence electrons. The van der Waals surface area contributed by atoms with E-state index in [0.29, 0.717) is 12.2 Å². The van der Waals surface area contributed by atoms with Crippen LogP contribution in [-0.4, -0.2) is 60.6 Å². The number of aromatic nitrogens is 3. The number of imide groups is 1. The van der Waals surface area contributed by atoms with Crippen molar-refractivity contribution in [3.05, 3.63) is 137 Å². The van der Waals surface area contributed by atoms with E-state index >= 15 is 0 Å². The summed E-state index contributed by atoms with van der Waals surface area (Å²) in [5.41, 5.74) is 6.16. The van der Waals surface area contributed by atoms with Gasteiger partial charge in [-0.15, -0.1) is 10.2 Å². The first kappa shape index (κ1) is 36.0. The van der Waals surface area contributed by atoms with Crippen LogP contribution in [0.4, 0.5) is 4.79 Å². The summed E-state index contributed by atoms with van der Waals surface area (Å²) in [6.07, 6.45) is 0.503. The molecular weight excluding hydrogens is 695 g/mol. The van der Waals surface area contributed by atoms with Gasteiger partial charge in [0.15, 0.2) is 11.4 Å². The molecule has 2 saturated heterocycles. The minimum atomic E-state index is -0.977. The molecule has 2 aliphatic rings. The maximum Gasteiger partial charge on any atom is 0.408 e. The average molecular weight is 734 g/mol. The summed E-state index contributed by atoms with van der Waals surface area (Å²) in [6.45, 7) is 0.119. The van der Waals surface area contributed by atoms with E-state index < -0.39 is 24.3 Å². The second-order valence-electron chi connectivity index (χ2n) is 13.0. The molecular formula is C40H39N5O7S. The van der Waals surface area contributed by atoms with Gasteiger partial charge in [-0.1, -0.05) is 109 Å². The quantitative estimate of drug-likeness (QED) is 0.118. The number of aliphatic hydroxyl groups excluding tert-OH is 1. The molecule has 7 rings (SSSR count). The van der Waals surface area contributed by atoms with Crippen LogP contribution in [0.3, 0.4) is 0 Å².